The van der Waals surface area contributed by atoms with Gasteiger partial charge in [0.1, 0.15) is 24.6 Å². The Bertz CT molecular complexity index is 1550. The fourth-order valence-electron chi connectivity index (χ4n) is 4.12. The number of nitrogens with one attached hydrogen (secondary N) is 2. The van der Waals surface area contributed by atoms with Crippen molar-refractivity contribution in [3.63, 3.8) is 0 Å². The predicted molar refractivity (Wildman–Crippen MR) is 132 cm³/mol. The quantitative estimate of drug-likeness (QED) is 0.242. The number of benzene rings is 1. The third-order valence-electron chi connectivity index (χ3n) is 5.97. The number of alkyl halides is 3. The van der Waals surface area contributed by atoms with Gasteiger partial charge in [-0.05, 0) is 23.8 Å². The summed E-state index contributed by atoms with van der Waals surface area (Å²) in [5.41, 5.74) is 1.28. The number of aromatic nitrogens is 5. The normalized spacial score (nSPS) is 21.1. The van der Waals surface area contributed by atoms with Crippen LogP contribution in [0.4, 0.5) is 23.4 Å². The first kappa shape index (κ1) is 27.6. The van der Waals surface area contributed by atoms with Crippen LogP contribution in [-0.2, 0) is 16.1 Å². The number of imidazole rings is 1. The van der Waals surface area contributed by atoms with Gasteiger partial charge in [-0.15, -0.1) is 0 Å². The Labute approximate surface area is 227 Å². The van der Waals surface area contributed by atoms with Crippen molar-refractivity contribution in [3.05, 3.63) is 65.5 Å². The summed E-state index contributed by atoms with van der Waals surface area (Å²) in [5.74, 6) is -1.36. The molecule has 11 nitrogen and oxygen atoms in total. The Balaban J connectivity index is 1.51. The van der Waals surface area contributed by atoms with E-state index in [9.17, 15) is 32.6 Å². The molecule has 0 spiro atoms. The van der Waals surface area contributed by atoms with E-state index in [2.05, 4.69) is 25.3 Å². The minimum atomic E-state index is -4.69. The Hall–Kier alpha value is -3.92. The molecular formula is C24H20ClF4N7O4. The number of aliphatic hydroxyl groups excluding tert-OH is 2. The summed E-state index contributed by atoms with van der Waals surface area (Å²) in [6.07, 6.45) is -7.44. The summed E-state index contributed by atoms with van der Waals surface area (Å²) in [6.45, 7) is -1.50. The lowest BCUT2D eigenvalue weighted by atomic mass is 10.1. The maximum absolute atomic E-state index is 13.7. The van der Waals surface area contributed by atoms with E-state index in [4.69, 9.17) is 16.3 Å². The standard InChI is InChI=1S/C24H20ClF4N7O4/c25-13-5-12(7-30-8-13)19-34-20(31-6-11-2-1-3-14(26)4-11)15-21(35-19)36(10-33-15)23-17(38)16(37)18(40-23)22(39)32-9-24(27,28)29/h1-5,7-8,10,16-18,23,37-38H,6,9H2,(H,32,39)(H,31,34,35)/t16-,17+,18-,23+/m0/s1. The van der Waals surface area contributed by atoms with Crippen LogP contribution < -0.4 is 10.6 Å². The van der Waals surface area contributed by atoms with Crippen LogP contribution >= 0.6 is 11.6 Å². The largest absolute Gasteiger partial charge is 0.405 e. The van der Waals surface area contributed by atoms with E-state index in [0.29, 0.717) is 16.1 Å². The smallest absolute Gasteiger partial charge is 0.387 e. The molecule has 1 saturated heterocycles. The van der Waals surface area contributed by atoms with Crippen LogP contribution in [0.2, 0.25) is 5.02 Å². The van der Waals surface area contributed by atoms with E-state index in [1.807, 2.05) is 0 Å². The van der Waals surface area contributed by atoms with Gasteiger partial charge in [0.15, 0.2) is 35.1 Å². The number of pyridine rings is 1. The highest BCUT2D eigenvalue weighted by molar-refractivity contribution is 6.30. The van der Waals surface area contributed by atoms with Crippen molar-refractivity contribution in [2.75, 3.05) is 11.9 Å². The highest BCUT2D eigenvalue weighted by Crippen LogP contribution is 2.34. The molecule has 0 unspecified atom stereocenters. The van der Waals surface area contributed by atoms with E-state index in [0.717, 1.165) is 0 Å². The average Bonchev–Trinajstić information content (AvgIpc) is 3.46. The van der Waals surface area contributed by atoms with Crippen molar-refractivity contribution >= 4 is 34.5 Å². The first-order chi connectivity index (χ1) is 19.0. The van der Waals surface area contributed by atoms with Crippen molar-refractivity contribution < 1.29 is 37.3 Å². The van der Waals surface area contributed by atoms with Gasteiger partial charge in [-0.2, -0.15) is 13.2 Å². The molecule has 0 bridgehead atoms. The van der Waals surface area contributed by atoms with Crippen molar-refractivity contribution in [2.45, 2.75) is 37.3 Å². The number of fused-ring (bicyclic) bond motifs is 1. The minimum Gasteiger partial charge on any atom is -0.387 e. The lowest BCUT2D eigenvalue weighted by molar-refractivity contribution is -0.149. The lowest BCUT2D eigenvalue weighted by Gasteiger charge is -2.17. The maximum atomic E-state index is 13.7. The Kier molecular flexibility index (Phi) is 7.55. The van der Waals surface area contributed by atoms with Crippen molar-refractivity contribution in [1.82, 2.24) is 29.8 Å². The summed E-state index contributed by atoms with van der Waals surface area (Å²) in [5, 5.41) is 26.1. The SMILES string of the molecule is O=C(NCC(F)(F)F)[C@H]1O[C@@H](n2cnc3c(NCc4cccc(F)c4)nc(-c4cncc(Cl)c4)nc32)[C@H](O)[C@@H]1O. The summed E-state index contributed by atoms with van der Waals surface area (Å²) in [7, 11) is 0. The first-order valence-electron chi connectivity index (χ1n) is 11.7. The van der Waals surface area contributed by atoms with Gasteiger partial charge >= 0.3 is 6.18 Å². The van der Waals surface area contributed by atoms with Crippen molar-refractivity contribution in [2.24, 2.45) is 0 Å². The van der Waals surface area contributed by atoms with E-state index in [1.165, 1.54) is 35.4 Å². The van der Waals surface area contributed by atoms with Crippen LogP contribution in [0.25, 0.3) is 22.6 Å². The number of carbonyl (C=O) groups excluding carboxylic acids is 1. The number of halogens is 5. The fourth-order valence-corrected chi connectivity index (χ4v) is 4.29. The molecule has 0 saturated carbocycles. The van der Waals surface area contributed by atoms with Gasteiger partial charge in [0.25, 0.3) is 5.91 Å². The van der Waals surface area contributed by atoms with Crippen LogP contribution in [0.1, 0.15) is 11.8 Å². The van der Waals surface area contributed by atoms with Crippen molar-refractivity contribution in [3.8, 4) is 11.4 Å². The molecule has 4 heterocycles. The number of nitrogens with zero attached hydrogens (tertiary/aromatic N) is 5. The number of carbonyl (C=O) groups is 1. The molecule has 4 N–H and O–H groups in total. The molecule has 40 heavy (non-hydrogen) atoms. The van der Waals surface area contributed by atoms with Gasteiger partial charge in [0.05, 0.1) is 11.3 Å². The molecule has 1 aliphatic heterocycles. The van der Waals surface area contributed by atoms with E-state index in [-0.39, 0.29) is 29.4 Å². The molecular weight excluding hydrogens is 562 g/mol. The molecule has 1 amide bonds. The number of hydrogen-bond donors (Lipinski definition) is 4. The molecule has 4 atom stereocenters. The van der Waals surface area contributed by atoms with Gasteiger partial charge < -0.3 is 25.6 Å². The summed E-state index contributed by atoms with van der Waals surface area (Å²) in [4.78, 5) is 29.6. The Morgan fingerprint density at radius 1 is 1.15 bits per heavy atom. The zero-order chi connectivity index (χ0) is 28.6. The fraction of sp³-hybridized carbons (Fsp3) is 0.292. The second-order valence-corrected chi connectivity index (χ2v) is 9.29. The number of hydrogen-bond acceptors (Lipinski definition) is 9. The average molecular weight is 582 g/mol. The molecule has 1 fully saturated rings. The van der Waals surface area contributed by atoms with Gasteiger partial charge in [0.2, 0.25) is 0 Å². The van der Waals surface area contributed by atoms with Gasteiger partial charge in [-0.1, -0.05) is 23.7 Å². The van der Waals surface area contributed by atoms with E-state index < -0.39 is 49.0 Å². The second kappa shape index (κ2) is 10.9. The summed E-state index contributed by atoms with van der Waals surface area (Å²) >= 11 is 6.08. The molecule has 3 aromatic heterocycles. The molecule has 1 aromatic carbocycles. The van der Waals surface area contributed by atoms with Crippen LogP contribution in [0.15, 0.2) is 49.1 Å². The number of rotatable bonds is 7. The third-order valence-corrected chi connectivity index (χ3v) is 6.17. The van der Waals surface area contributed by atoms with Crippen molar-refractivity contribution in [1.29, 1.82) is 0 Å². The number of aliphatic hydroxyl groups is 2. The van der Waals surface area contributed by atoms with Crippen LogP contribution in [0.3, 0.4) is 0 Å². The highest BCUT2D eigenvalue weighted by atomic mass is 35.5. The lowest BCUT2D eigenvalue weighted by Crippen LogP contribution is -2.45. The monoisotopic (exact) mass is 581 g/mol. The van der Waals surface area contributed by atoms with E-state index in [1.54, 1.807) is 23.5 Å². The van der Waals surface area contributed by atoms with Crippen LogP contribution in [-0.4, -0.2) is 71.7 Å². The van der Waals surface area contributed by atoms with Crippen LogP contribution in [0, 0.1) is 5.82 Å². The predicted octanol–water partition coefficient (Wildman–Crippen LogP) is 2.59. The molecule has 5 rings (SSSR count). The zero-order valence-corrected chi connectivity index (χ0v) is 20.9. The zero-order valence-electron chi connectivity index (χ0n) is 20.2. The molecule has 1 aliphatic rings. The molecule has 16 heteroatoms. The second-order valence-electron chi connectivity index (χ2n) is 8.86. The summed E-state index contributed by atoms with van der Waals surface area (Å²) < 4.78 is 58.1. The molecule has 4 aromatic rings. The maximum Gasteiger partial charge on any atom is 0.405 e. The number of amides is 1. The Morgan fingerprint density at radius 2 is 1.95 bits per heavy atom. The van der Waals surface area contributed by atoms with Gasteiger partial charge in [0, 0.05) is 24.5 Å². The van der Waals surface area contributed by atoms with E-state index >= 15 is 0 Å². The molecule has 210 valence electrons. The number of anilines is 1. The Morgan fingerprint density at radius 3 is 2.67 bits per heavy atom. The highest BCUT2D eigenvalue weighted by Gasteiger charge is 2.48. The van der Waals surface area contributed by atoms with Gasteiger partial charge in [-0.3, -0.25) is 14.3 Å². The molecule has 0 aliphatic carbocycles. The number of ether oxygens (including phenoxy) is 1. The topological polar surface area (TPSA) is 147 Å². The first-order valence-corrected chi connectivity index (χ1v) is 12.1. The van der Waals surface area contributed by atoms with Crippen LogP contribution in [0.5, 0.6) is 0 Å². The minimum absolute atomic E-state index is 0.0827. The van der Waals surface area contributed by atoms with Gasteiger partial charge in [-0.25, -0.2) is 19.3 Å². The summed E-state index contributed by atoms with van der Waals surface area (Å²) in [6, 6.07) is 7.43. The third kappa shape index (κ3) is 5.82. The molecule has 0 radical (unpaired) electrons.